The van der Waals surface area contributed by atoms with Crippen LogP contribution in [0.2, 0.25) is 0 Å². The van der Waals surface area contributed by atoms with E-state index in [1.165, 1.54) is 12.4 Å². The Morgan fingerprint density at radius 2 is 1.80 bits per heavy atom. The van der Waals surface area contributed by atoms with E-state index in [2.05, 4.69) is 17.2 Å². The summed E-state index contributed by atoms with van der Waals surface area (Å²) < 4.78 is 25.1. The van der Waals surface area contributed by atoms with Gasteiger partial charge in [0.1, 0.15) is 0 Å². The highest BCUT2D eigenvalue weighted by atomic mass is 19.3. The number of rotatable bonds is 5. The molecule has 136 valence electrons. The molecule has 0 saturated heterocycles. The van der Waals surface area contributed by atoms with Crippen molar-refractivity contribution in [3.63, 3.8) is 0 Å². The molecule has 0 fully saturated rings. The summed E-state index contributed by atoms with van der Waals surface area (Å²) in [5.74, 6) is 4.52. The third-order valence-electron chi connectivity index (χ3n) is 3.21. The van der Waals surface area contributed by atoms with E-state index in [1.807, 2.05) is 13.0 Å². The number of carbonyl (C=O) groups excluding carboxylic acids is 2. The number of hydrogen-bond acceptors (Lipinski definition) is 3. The molecular formula is C18H22F2N2O3. The second-order valence-corrected chi connectivity index (χ2v) is 5.05. The summed E-state index contributed by atoms with van der Waals surface area (Å²) in [6.45, 7) is 4.87. The van der Waals surface area contributed by atoms with Crippen molar-refractivity contribution in [3.05, 3.63) is 47.5 Å². The highest BCUT2D eigenvalue weighted by Crippen LogP contribution is 2.14. The number of halogens is 2. The summed E-state index contributed by atoms with van der Waals surface area (Å²) in [6.07, 6.45) is 1.29. The lowest BCUT2D eigenvalue weighted by molar-refractivity contribution is -0.116. The van der Waals surface area contributed by atoms with Crippen molar-refractivity contribution in [2.75, 3.05) is 0 Å². The van der Waals surface area contributed by atoms with Gasteiger partial charge in [-0.25, -0.2) is 14.3 Å². The van der Waals surface area contributed by atoms with Crippen molar-refractivity contribution >= 4 is 12.3 Å². The Morgan fingerprint density at radius 1 is 1.24 bits per heavy atom. The summed E-state index contributed by atoms with van der Waals surface area (Å²) in [6, 6.07) is 6.13. The number of nitrogens with one attached hydrogen (secondary N) is 2. The fraction of sp³-hybridized carbons (Fsp3) is 0.333. The van der Waals surface area contributed by atoms with Crippen LogP contribution in [0.1, 0.15) is 36.7 Å². The molecule has 25 heavy (non-hydrogen) atoms. The van der Waals surface area contributed by atoms with Gasteiger partial charge in [0, 0.05) is 23.1 Å². The van der Waals surface area contributed by atoms with Gasteiger partial charge in [0.25, 0.3) is 5.91 Å². The van der Waals surface area contributed by atoms with E-state index >= 15 is 0 Å². The van der Waals surface area contributed by atoms with E-state index in [4.69, 9.17) is 10.0 Å². The molecule has 2 unspecified atom stereocenters. The second-order valence-electron chi connectivity index (χ2n) is 5.05. The second kappa shape index (κ2) is 12.7. The van der Waals surface area contributed by atoms with Gasteiger partial charge in [0.15, 0.2) is 0 Å². The van der Waals surface area contributed by atoms with Crippen LogP contribution in [0.15, 0.2) is 36.4 Å². The molecular weight excluding hydrogens is 330 g/mol. The van der Waals surface area contributed by atoms with Gasteiger partial charge >= 0.3 is 0 Å². The number of allylic oxidation sites excluding steroid dienone is 2. The fourth-order valence-electron chi connectivity index (χ4n) is 1.55. The van der Waals surface area contributed by atoms with Crippen molar-refractivity contribution in [2.24, 2.45) is 5.92 Å². The van der Waals surface area contributed by atoms with Gasteiger partial charge in [-0.1, -0.05) is 24.8 Å². The van der Waals surface area contributed by atoms with Gasteiger partial charge in [-0.05, 0) is 44.2 Å². The van der Waals surface area contributed by atoms with Crippen molar-refractivity contribution in [1.29, 1.82) is 0 Å². The van der Waals surface area contributed by atoms with Crippen LogP contribution in [0.4, 0.5) is 8.78 Å². The minimum atomic E-state index is -2.45. The molecule has 1 rings (SSSR count). The summed E-state index contributed by atoms with van der Waals surface area (Å²) in [5, 5.41) is 9.84. The Bertz CT molecular complexity index is 619. The number of hydrogen-bond donors (Lipinski definition) is 3. The predicted octanol–water partition coefficient (Wildman–Crippen LogP) is 2.76. The molecule has 0 saturated carbocycles. The summed E-state index contributed by atoms with van der Waals surface area (Å²) >= 11 is 0. The average Bonchev–Trinajstić information content (AvgIpc) is 2.61. The first-order valence-electron chi connectivity index (χ1n) is 7.52. The highest BCUT2D eigenvalue weighted by molar-refractivity contribution is 5.94. The Labute approximate surface area is 146 Å². The smallest absolute Gasteiger partial charge is 0.251 e. The van der Waals surface area contributed by atoms with Crippen LogP contribution < -0.4 is 10.8 Å². The van der Waals surface area contributed by atoms with Crippen LogP contribution in [0, 0.1) is 17.8 Å². The Balaban J connectivity index is 0.00000129. The zero-order valence-electron chi connectivity index (χ0n) is 14.3. The zero-order valence-corrected chi connectivity index (χ0v) is 14.3. The van der Waals surface area contributed by atoms with Crippen LogP contribution in [0.25, 0.3) is 0 Å². The molecule has 7 heteroatoms. The monoisotopic (exact) mass is 352 g/mol. The molecule has 1 aromatic rings. The molecule has 2 amide bonds. The molecule has 0 bridgehead atoms. The van der Waals surface area contributed by atoms with Crippen LogP contribution in [0.5, 0.6) is 0 Å². The van der Waals surface area contributed by atoms with E-state index < -0.39 is 18.4 Å². The van der Waals surface area contributed by atoms with Gasteiger partial charge < -0.3 is 5.32 Å². The predicted molar refractivity (Wildman–Crippen MR) is 91.2 cm³/mol. The lowest BCUT2D eigenvalue weighted by Gasteiger charge is -2.20. The Morgan fingerprint density at radius 3 is 2.24 bits per heavy atom. The van der Waals surface area contributed by atoms with Crippen molar-refractivity contribution in [3.8, 4) is 11.8 Å². The van der Waals surface area contributed by atoms with Gasteiger partial charge in [0.2, 0.25) is 12.8 Å². The van der Waals surface area contributed by atoms with Crippen molar-refractivity contribution in [1.82, 2.24) is 10.8 Å². The molecule has 0 aliphatic rings. The van der Waals surface area contributed by atoms with Crippen LogP contribution in [0.3, 0.4) is 0 Å². The minimum Gasteiger partial charge on any atom is -0.349 e. The first kappa shape index (κ1) is 22.3. The third-order valence-corrected chi connectivity index (χ3v) is 3.21. The molecule has 0 aromatic heterocycles. The highest BCUT2D eigenvalue weighted by Gasteiger charge is 2.23. The van der Waals surface area contributed by atoms with E-state index in [0.717, 1.165) is 5.56 Å². The SMILES string of the molecule is C/C=C/C#Cc1ccc(C(=O)NC(C)C(C)C(F)F)cc1.O=CNO. The molecule has 3 N–H and O–H groups in total. The molecule has 0 spiro atoms. The minimum absolute atomic E-state index is 0.181. The van der Waals surface area contributed by atoms with Crippen LogP contribution in [-0.2, 0) is 4.79 Å². The standard InChI is InChI=1S/C17H19F2NO.CH3NO2/c1-4-5-6-7-14-8-10-15(11-9-14)17(21)20-13(3)12(2)16(18)19;3-1-2-4/h4-5,8-13,16H,1-3H3,(H,20,21);1,4H,(H,2,3)/b5-4+;. The first-order chi connectivity index (χ1) is 11.9. The van der Waals surface area contributed by atoms with Crippen LogP contribution in [-0.4, -0.2) is 30.0 Å². The molecule has 5 nitrogen and oxygen atoms in total. The Hall–Kier alpha value is -2.72. The number of carbonyl (C=O) groups is 2. The van der Waals surface area contributed by atoms with Crippen molar-refractivity contribution in [2.45, 2.75) is 33.2 Å². The van der Waals surface area contributed by atoms with Crippen molar-refractivity contribution < 1.29 is 23.6 Å². The molecule has 0 radical (unpaired) electrons. The summed E-state index contributed by atoms with van der Waals surface area (Å²) in [5.41, 5.74) is 2.47. The van der Waals surface area contributed by atoms with Gasteiger partial charge in [-0.3, -0.25) is 14.8 Å². The van der Waals surface area contributed by atoms with Gasteiger partial charge in [-0.2, -0.15) is 0 Å². The molecule has 1 aromatic carbocycles. The number of benzene rings is 1. The lowest BCUT2D eigenvalue weighted by atomic mass is 10.0. The van der Waals surface area contributed by atoms with Gasteiger partial charge in [-0.15, -0.1) is 0 Å². The largest absolute Gasteiger partial charge is 0.349 e. The van der Waals surface area contributed by atoms with E-state index in [-0.39, 0.29) is 12.3 Å². The Kier molecular flexibility index (Phi) is 11.3. The maximum Gasteiger partial charge on any atom is 0.251 e. The average molecular weight is 352 g/mol. The number of hydroxylamine groups is 1. The molecule has 0 aliphatic carbocycles. The number of alkyl halides is 2. The lowest BCUT2D eigenvalue weighted by Crippen LogP contribution is -2.39. The summed E-state index contributed by atoms with van der Waals surface area (Å²) in [4.78, 5) is 20.8. The number of amides is 2. The van der Waals surface area contributed by atoms with E-state index in [9.17, 15) is 13.6 Å². The first-order valence-corrected chi connectivity index (χ1v) is 7.52. The fourth-order valence-corrected chi connectivity index (χ4v) is 1.55. The molecule has 0 heterocycles. The molecule has 2 atom stereocenters. The molecule has 0 aliphatic heterocycles. The van der Waals surface area contributed by atoms with E-state index in [1.54, 1.807) is 37.3 Å². The maximum absolute atomic E-state index is 12.6. The van der Waals surface area contributed by atoms with E-state index in [0.29, 0.717) is 5.56 Å². The van der Waals surface area contributed by atoms with Crippen LogP contribution >= 0.6 is 0 Å². The van der Waals surface area contributed by atoms with Gasteiger partial charge in [0.05, 0.1) is 0 Å². The summed E-state index contributed by atoms with van der Waals surface area (Å²) in [7, 11) is 0. The quantitative estimate of drug-likeness (QED) is 0.330. The maximum atomic E-state index is 12.6. The zero-order chi connectivity index (χ0) is 19.2. The normalized spacial score (nSPS) is 12.3. The third kappa shape index (κ3) is 9.23. The topological polar surface area (TPSA) is 78.4 Å².